The van der Waals surface area contributed by atoms with E-state index in [1.807, 2.05) is 12.2 Å². The van der Waals surface area contributed by atoms with Crippen molar-refractivity contribution >= 4 is 11.9 Å². The number of esters is 1. The molecule has 1 saturated heterocycles. The van der Waals surface area contributed by atoms with Gasteiger partial charge in [0.05, 0.1) is 23.7 Å². The van der Waals surface area contributed by atoms with Gasteiger partial charge in [-0.1, -0.05) is 77.6 Å². The molecule has 3 aromatic carbocycles. The number of ether oxygens (including phenoxy) is 2. The van der Waals surface area contributed by atoms with E-state index < -0.39 is 53.9 Å². The van der Waals surface area contributed by atoms with Crippen LogP contribution < -0.4 is 26.4 Å². The number of aromatic hydroxyl groups is 1. The molecule has 370 valence electrons. The number of aliphatic imine (C=N–C) groups is 1. The Hall–Kier alpha value is -4.94. The summed E-state index contributed by atoms with van der Waals surface area (Å²) in [6, 6.07) is 18.2. The number of nitrogens with zero attached hydrogens (tertiary/aromatic N) is 1. The number of carbonyl (C=O) groups excluding carboxylic acids is 1. The zero-order chi connectivity index (χ0) is 48.5. The Morgan fingerprint density at radius 3 is 2.64 bits per heavy atom. The lowest BCUT2D eigenvalue weighted by Crippen LogP contribution is -2.66. The third-order valence-electron chi connectivity index (χ3n) is 16.4. The van der Waals surface area contributed by atoms with Gasteiger partial charge >= 0.3 is 5.97 Å². The SMILES string of the molecule is CC(=O)OC1CC(O)CCC23C#CC4CC5CCC(NCCc6cccc(c6)C(Cc6cc(C)cc(C)c6)CN=C(N)NC2C=CCC3O)C2(C5)CC(CCN2)Oc2cc(c(C(O)O)cc2O)CC41. The van der Waals surface area contributed by atoms with Crippen LogP contribution in [0.2, 0.25) is 0 Å². The van der Waals surface area contributed by atoms with E-state index in [4.69, 9.17) is 20.2 Å². The van der Waals surface area contributed by atoms with Crippen LogP contribution in [-0.2, 0) is 28.8 Å². The smallest absolute Gasteiger partial charge is 0.302 e. The van der Waals surface area contributed by atoms with Gasteiger partial charge in [0.1, 0.15) is 12.2 Å². The normalized spacial score (nSPS) is 33.8. The number of hydrogen-bond donors (Lipinski definition) is 9. The molecule has 0 amide bonds. The molecule has 3 aromatic rings. The van der Waals surface area contributed by atoms with Crippen LogP contribution in [0.15, 0.2) is 71.7 Å². The maximum Gasteiger partial charge on any atom is 0.302 e. The summed E-state index contributed by atoms with van der Waals surface area (Å²) >= 11 is 0. The van der Waals surface area contributed by atoms with Gasteiger partial charge in [-0.25, -0.2) is 0 Å². The molecular weight excluding hydrogens is 871 g/mol. The van der Waals surface area contributed by atoms with Crippen LogP contribution >= 0.6 is 0 Å². The molecule has 13 heteroatoms. The van der Waals surface area contributed by atoms with Gasteiger partial charge in [0.15, 0.2) is 23.7 Å². The molecule has 12 unspecified atom stereocenters. The molecule has 13 nitrogen and oxygen atoms in total. The van der Waals surface area contributed by atoms with Crippen molar-refractivity contribution in [3.63, 3.8) is 0 Å². The van der Waals surface area contributed by atoms with Crippen molar-refractivity contribution in [3.05, 3.63) is 106 Å². The average Bonchev–Trinajstić information content (AvgIpc) is 3.29. The quantitative estimate of drug-likeness (QED) is 0.0693. The third kappa shape index (κ3) is 11.0. The van der Waals surface area contributed by atoms with Gasteiger partial charge in [-0.15, -0.1) is 0 Å². The summed E-state index contributed by atoms with van der Waals surface area (Å²) in [6.07, 6.45) is 6.69. The summed E-state index contributed by atoms with van der Waals surface area (Å²) < 4.78 is 13.0. The topological polar surface area (TPSA) is 211 Å². The molecule has 1 saturated carbocycles. The maximum atomic E-state index is 13.0. The summed E-state index contributed by atoms with van der Waals surface area (Å²) in [5, 5.41) is 68.9. The molecule has 0 aromatic heterocycles. The number of aryl methyl sites for hydroxylation is 2. The fourth-order valence-corrected chi connectivity index (χ4v) is 13.1. The largest absolute Gasteiger partial charge is 0.504 e. The number of benzene rings is 3. The number of aliphatic hydroxyl groups is 4. The van der Waals surface area contributed by atoms with Gasteiger partial charge in [0.25, 0.3) is 0 Å². The van der Waals surface area contributed by atoms with Gasteiger partial charge in [-0.05, 0) is 138 Å². The minimum atomic E-state index is -1.91. The van der Waals surface area contributed by atoms with E-state index in [2.05, 4.69) is 84.1 Å². The van der Waals surface area contributed by atoms with E-state index in [9.17, 15) is 30.3 Å². The second-order valence-electron chi connectivity index (χ2n) is 21.4. The number of phenolic OH excluding ortho intramolecular Hbond substituents is 1. The van der Waals surface area contributed by atoms with Gasteiger partial charge in [0, 0.05) is 61.2 Å². The van der Waals surface area contributed by atoms with Crippen LogP contribution in [0.25, 0.3) is 0 Å². The highest BCUT2D eigenvalue weighted by Gasteiger charge is 2.50. The molecule has 10 bridgehead atoms. The third-order valence-corrected chi connectivity index (χ3v) is 16.4. The molecular formula is C56H73N5O8. The number of piperidine rings is 1. The van der Waals surface area contributed by atoms with Crippen molar-refractivity contribution in [2.45, 2.75) is 158 Å². The Kier molecular flexibility index (Phi) is 14.8. The number of fused-ring (bicyclic) bond motifs is 9. The lowest BCUT2D eigenvalue weighted by Gasteiger charge is -2.52. The minimum absolute atomic E-state index is 0.0217. The first kappa shape index (κ1) is 49.1. The first-order valence-corrected chi connectivity index (χ1v) is 25.5. The van der Waals surface area contributed by atoms with E-state index in [0.717, 1.165) is 45.1 Å². The Morgan fingerprint density at radius 1 is 1.01 bits per heavy atom. The molecule has 3 aliphatic carbocycles. The number of nitrogens with two attached hydrogens (primary N) is 1. The van der Waals surface area contributed by atoms with Crippen LogP contribution in [0.4, 0.5) is 0 Å². The van der Waals surface area contributed by atoms with E-state index in [0.29, 0.717) is 44.3 Å². The van der Waals surface area contributed by atoms with Gasteiger partial charge < -0.3 is 56.7 Å². The molecule has 12 atom stereocenters. The summed E-state index contributed by atoms with van der Waals surface area (Å²) in [4.78, 5) is 18.1. The Bertz CT molecular complexity index is 2440. The monoisotopic (exact) mass is 944 g/mol. The molecule has 7 aliphatic rings. The molecule has 2 fully saturated rings. The van der Waals surface area contributed by atoms with Gasteiger partial charge in [-0.2, -0.15) is 0 Å². The van der Waals surface area contributed by atoms with Crippen molar-refractivity contribution in [3.8, 4) is 23.3 Å². The van der Waals surface area contributed by atoms with Crippen molar-refractivity contribution in [2.75, 3.05) is 19.6 Å². The number of aliphatic hydroxyl groups excluding tert-OH is 3. The van der Waals surface area contributed by atoms with Crippen molar-refractivity contribution < 1.29 is 39.8 Å². The summed E-state index contributed by atoms with van der Waals surface area (Å²) in [5.74, 6) is 6.49. The lowest BCUT2D eigenvalue weighted by atomic mass is 9.64. The molecule has 10 rings (SSSR count). The van der Waals surface area contributed by atoms with E-state index in [-0.39, 0.29) is 71.8 Å². The molecule has 69 heavy (non-hydrogen) atoms. The molecule has 10 N–H and O–H groups in total. The standard InChI is InChI=1S/C56H73N5O8/c1-33-20-34(2)22-38(21-33)25-42-32-59-54(57)61-50-8-5-9-52(65)55(50)16-12-40-24-37-10-11-51(58-18-14-36-6-4-7-39(42)23-36)56(30-37)31-44(15-19-60-56)69-49-27-41(46(53(66)67)29-47(49)64)26-45(40)48(68-35(3)62)28-43(63)13-17-55/h4-8,20-23,27,29,37,40,42-45,48,50-53,58,60,63-67H,9-11,13-15,17-19,24-26,28,30-32H2,1-3H3,(H3,57,59,61). The molecule has 0 radical (unpaired) electrons. The van der Waals surface area contributed by atoms with Crippen LogP contribution in [0.1, 0.15) is 122 Å². The predicted octanol–water partition coefficient (Wildman–Crippen LogP) is 5.44. The number of hydrogen-bond acceptors (Lipinski definition) is 13. The van der Waals surface area contributed by atoms with Crippen LogP contribution in [0.5, 0.6) is 11.5 Å². The Labute approximate surface area is 407 Å². The molecule has 4 aliphatic heterocycles. The fourth-order valence-electron chi connectivity index (χ4n) is 13.1. The summed E-state index contributed by atoms with van der Waals surface area (Å²) in [7, 11) is 0. The van der Waals surface area contributed by atoms with E-state index >= 15 is 0 Å². The van der Waals surface area contributed by atoms with E-state index in [1.54, 1.807) is 6.07 Å². The van der Waals surface area contributed by atoms with Crippen molar-refractivity contribution in [1.29, 1.82) is 0 Å². The number of rotatable bonds is 4. The highest BCUT2D eigenvalue weighted by molar-refractivity contribution is 5.78. The Morgan fingerprint density at radius 2 is 1.84 bits per heavy atom. The second kappa shape index (κ2) is 20.8. The maximum absolute atomic E-state index is 13.0. The highest BCUT2D eigenvalue weighted by atomic mass is 16.5. The lowest BCUT2D eigenvalue weighted by molar-refractivity contribution is -0.152. The fraction of sp³-hybridized carbons (Fsp3) is 0.571. The zero-order valence-electron chi connectivity index (χ0n) is 40.5. The average molecular weight is 944 g/mol. The van der Waals surface area contributed by atoms with Crippen LogP contribution in [-0.4, -0.2) is 99.1 Å². The van der Waals surface area contributed by atoms with E-state index in [1.165, 1.54) is 40.8 Å². The molecule has 4 heterocycles. The minimum Gasteiger partial charge on any atom is -0.504 e. The Balaban J connectivity index is 1.21. The highest BCUT2D eigenvalue weighted by Crippen LogP contribution is 2.47. The molecule has 2 spiro atoms. The first-order valence-electron chi connectivity index (χ1n) is 25.5. The van der Waals surface area contributed by atoms with Gasteiger partial charge in [-0.3, -0.25) is 9.79 Å². The number of nitrogens with one attached hydrogen (secondary N) is 3. The van der Waals surface area contributed by atoms with Gasteiger partial charge in [0.2, 0.25) is 0 Å². The van der Waals surface area contributed by atoms with Crippen LogP contribution in [0.3, 0.4) is 0 Å². The summed E-state index contributed by atoms with van der Waals surface area (Å²) in [5.41, 5.74) is 12.2. The number of phenols is 1. The predicted molar refractivity (Wildman–Crippen MR) is 265 cm³/mol. The zero-order valence-corrected chi connectivity index (χ0v) is 40.5. The second-order valence-corrected chi connectivity index (χ2v) is 21.4. The van der Waals surface area contributed by atoms with Crippen molar-refractivity contribution in [1.82, 2.24) is 16.0 Å². The number of carbonyl (C=O) groups is 1. The summed E-state index contributed by atoms with van der Waals surface area (Å²) in [6.45, 7) is 7.54. The van der Waals surface area contributed by atoms with Crippen molar-refractivity contribution in [2.24, 2.45) is 33.9 Å². The number of guanidine groups is 1. The van der Waals surface area contributed by atoms with Crippen LogP contribution in [0, 0.1) is 48.9 Å². The first-order chi connectivity index (χ1) is 33.1.